The molecule has 0 heterocycles. The van der Waals surface area contributed by atoms with E-state index in [0.717, 1.165) is 0 Å². The van der Waals surface area contributed by atoms with Crippen molar-refractivity contribution in [2.45, 2.75) is 0 Å². The third-order valence-electron chi connectivity index (χ3n) is 0. The summed E-state index contributed by atoms with van der Waals surface area (Å²) in [7, 11) is -8.51. The zero-order valence-electron chi connectivity index (χ0n) is 5.08. The summed E-state index contributed by atoms with van der Waals surface area (Å²) >= 11 is 0. The zero-order chi connectivity index (χ0) is 8.08. The van der Waals surface area contributed by atoms with E-state index in [4.69, 9.17) is 33.9 Å². The van der Waals surface area contributed by atoms with Gasteiger partial charge in [-0.15, -0.1) is 0 Å². The van der Waals surface area contributed by atoms with Gasteiger partial charge in [-0.2, -0.15) is 0 Å². The van der Waals surface area contributed by atoms with Crippen molar-refractivity contribution in [2.24, 2.45) is 0 Å². The zero-order valence-corrected chi connectivity index (χ0v) is 11.0. The van der Waals surface area contributed by atoms with Gasteiger partial charge < -0.3 is 42.5 Å². The second-order valence-corrected chi connectivity index (χ2v) is 2.08. The monoisotopic (exact) mass is 266 g/mol. The van der Waals surface area contributed by atoms with E-state index in [1.54, 1.807) is 0 Å². The molecule has 0 aliphatic carbocycles. The van der Waals surface area contributed by atoms with Crippen LogP contribution in [0.1, 0.15) is 0 Å². The van der Waals surface area contributed by atoms with Crippen molar-refractivity contribution in [3.8, 4) is 0 Å². The molecule has 0 aliphatic rings. The van der Waals surface area contributed by atoms with Crippen molar-refractivity contribution < 1.29 is 53.4 Å². The van der Waals surface area contributed by atoms with Crippen LogP contribution in [0.2, 0.25) is 0 Å². The minimum absolute atomic E-state index is 0. The normalized spacial score (nSPS) is 8.64. The van der Waals surface area contributed by atoms with Gasteiger partial charge in [-0.3, -0.25) is 0 Å². The molecule has 0 unspecified atom stereocenters. The Morgan fingerprint density at radius 2 is 1.18 bits per heavy atom. The van der Waals surface area contributed by atoms with Crippen LogP contribution in [0.25, 0.3) is 0 Å². The smallest absolute Gasteiger partial charge is 0.854 e. The van der Waals surface area contributed by atoms with Crippen LogP contribution >= 0.6 is 16.4 Å². The molecule has 0 rings (SSSR count). The van der Waals surface area contributed by atoms with Crippen LogP contribution in [-0.2, 0) is 24.0 Å². The Bertz CT molecular complexity index is 87.6. The molecular weight excluding hydrogens is 266 g/mol. The van der Waals surface area contributed by atoms with Crippen LogP contribution < -0.4 is 24.5 Å². The number of hydrogen-bond acceptors (Lipinski definition) is 6. The largest absolute Gasteiger partial charge is 3.00 e. The molecular formula is HAlO7P2Zn. The standard InChI is InChI=1S/Al.H3O4P.O3P.Zn/c;1-5(2,3)4;1-4(2)3;/h;(H3,1,2,3,4);;/q+3;;-3;+2/p-2. The van der Waals surface area contributed by atoms with Gasteiger partial charge in [0, 0.05) is 0 Å². The average Bonchev–Trinajstić information content (AvgIpc) is 1.19. The van der Waals surface area contributed by atoms with Crippen molar-refractivity contribution in [1.29, 1.82) is 0 Å². The molecule has 0 fully saturated rings. The van der Waals surface area contributed by atoms with Gasteiger partial charge in [0.05, 0.1) is 7.82 Å². The molecule has 1 N–H and O–H groups in total. The van der Waals surface area contributed by atoms with Crippen molar-refractivity contribution in [2.75, 3.05) is 0 Å². The Kier molecular flexibility index (Phi) is 24.1. The van der Waals surface area contributed by atoms with Crippen molar-refractivity contribution in [3.05, 3.63) is 0 Å². The summed E-state index contributed by atoms with van der Waals surface area (Å²) in [6.45, 7) is 0. The second kappa shape index (κ2) is 11.6. The van der Waals surface area contributed by atoms with E-state index >= 15 is 0 Å². The third kappa shape index (κ3) is 427. The molecule has 0 bridgehead atoms. The first-order valence-corrected chi connectivity index (χ1v) is 3.89. The summed E-state index contributed by atoms with van der Waals surface area (Å²) in [4.78, 5) is 49.7. The Labute approximate surface area is 87.2 Å². The maximum absolute atomic E-state index is 8.66. The summed E-state index contributed by atoms with van der Waals surface area (Å²) in [6, 6.07) is 0. The summed E-state index contributed by atoms with van der Waals surface area (Å²) < 4.78 is 8.66. The van der Waals surface area contributed by atoms with Gasteiger partial charge in [0.15, 0.2) is 0 Å². The quantitative estimate of drug-likeness (QED) is 0.339. The van der Waals surface area contributed by atoms with Gasteiger partial charge in [0.2, 0.25) is 0 Å². The molecule has 0 aromatic carbocycles. The van der Waals surface area contributed by atoms with E-state index in [0.29, 0.717) is 0 Å². The molecule has 0 saturated heterocycles. The molecule has 0 radical (unpaired) electrons. The van der Waals surface area contributed by atoms with Crippen LogP contribution in [-0.4, -0.2) is 22.3 Å². The van der Waals surface area contributed by atoms with Crippen LogP contribution in [0.4, 0.5) is 0 Å². The predicted octanol–water partition coefficient (Wildman–Crippen LogP) is -5.28. The molecule has 0 aromatic heterocycles. The summed E-state index contributed by atoms with van der Waals surface area (Å²) in [5.41, 5.74) is 0. The molecule has 11 heavy (non-hydrogen) atoms. The molecule has 0 aromatic rings. The number of hydrogen-bond donors (Lipinski definition) is 1. The SMILES string of the molecule is O=P([O-])([O-])O.[Al+3].[O-]P([O-])[O-].[Zn+2]. The first kappa shape index (κ1) is 22.9. The van der Waals surface area contributed by atoms with E-state index < -0.39 is 16.4 Å². The van der Waals surface area contributed by atoms with E-state index in [9.17, 15) is 0 Å². The van der Waals surface area contributed by atoms with E-state index in [1.807, 2.05) is 0 Å². The fraction of sp³-hybridized carbons (Fsp3) is 0. The second-order valence-electron chi connectivity index (χ2n) is 0.692. The fourth-order valence-corrected chi connectivity index (χ4v) is 0. The predicted molar refractivity (Wildman–Crippen MR) is 22.5 cm³/mol. The fourth-order valence-electron chi connectivity index (χ4n) is 0. The van der Waals surface area contributed by atoms with Crippen molar-refractivity contribution in [1.82, 2.24) is 0 Å². The summed E-state index contributed by atoms with van der Waals surface area (Å²) in [5, 5.41) is 0. The van der Waals surface area contributed by atoms with Crippen LogP contribution in [0.15, 0.2) is 0 Å². The van der Waals surface area contributed by atoms with E-state index in [1.165, 1.54) is 0 Å². The Balaban J connectivity index is -0.0000000383. The maximum Gasteiger partial charge on any atom is 3.00 e. The minimum Gasteiger partial charge on any atom is -0.854 e. The number of rotatable bonds is 0. The minimum atomic E-state index is -5.14. The Morgan fingerprint density at radius 3 is 1.18 bits per heavy atom. The Hall–Kier alpha value is 1.58. The first-order valence-electron chi connectivity index (χ1n) is 1.30. The third-order valence-corrected chi connectivity index (χ3v) is 0. The molecule has 58 valence electrons. The van der Waals surface area contributed by atoms with Crippen LogP contribution in [0.3, 0.4) is 0 Å². The summed E-state index contributed by atoms with van der Waals surface area (Å²) in [5.74, 6) is 0. The van der Waals surface area contributed by atoms with Gasteiger partial charge in [-0.1, -0.05) is 0 Å². The van der Waals surface area contributed by atoms with E-state index in [-0.39, 0.29) is 36.8 Å². The topological polar surface area (TPSA) is 153 Å². The molecule has 0 atom stereocenters. The van der Waals surface area contributed by atoms with Gasteiger partial charge in [-0.25, -0.2) is 0 Å². The molecule has 11 heteroatoms. The van der Waals surface area contributed by atoms with Crippen LogP contribution in [0, 0.1) is 0 Å². The average molecular weight is 267 g/mol. The number of phosphoric acid groups is 1. The van der Waals surface area contributed by atoms with Gasteiger partial charge in [0.25, 0.3) is 0 Å². The molecule has 7 nitrogen and oxygen atoms in total. The molecule has 0 amide bonds. The van der Waals surface area contributed by atoms with Gasteiger partial charge >= 0.3 is 36.8 Å². The molecule has 0 spiro atoms. The maximum atomic E-state index is 8.66. The van der Waals surface area contributed by atoms with Gasteiger partial charge in [-0.05, 0) is 0 Å². The van der Waals surface area contributed by atoms with Crippen LogP contribution in [0.5, 0.6) is 0 Å². The van der Waals surface area contributed by atoms with E-state index in [2.05, 4.69) is 0 Å². The summed E-state index contributed by atoms with van der Waals surface area (Å²) in [6.07, 6.45) is 0. The molecule has 0 saturated carbocycles. The van der Waals surface area contributed by atoms with Crippen molar-refractivity contribution >= 4 is 33.8 Å². The van der Waals surface area contributed by atoms with Gasteiger partial charge in [0.1, 0.15) is 0 Å². The Morgan fingerprint density at radius 1 is 1.18 bits per heavy atom. The molecule has 0 aliphatic heterocycles. The van der Waals surface area contributed by atoms with Crippen molar-refractivity contribution in [3.63, 3.8) is 0 Å². The first-order chi connectivity index (χ1) is 3.73.